The average Bonchev–Trinajstić information content (AvgIpc) is 3.07. The summed E-state index contributed by atoms with van der Waals surface area (Å²) in [5.74, 6) is 6.23. The highest BCUT2D eigenvalue weighted by Gasteiger charge is 2.52. The van der Waals surface area contributed by atoms with E-state index in [1.54, 1.807) is 0 Å². The maximum absolute atomic E-state index is 11.7. The fraction of sp³-hybridized carbons (Fsp3) is 0.750. The first-order valence-corrected chi connectivity index (χ1v) is 7.98. The third-order valence-corrected chi connectivity index (χ3v) is 4.35. The first-order valence-electron chi connectivity index (χ1n) is 7.98. The molecular weight excluding hydrogens is 284 g/mol. The third-order valence-electron chi connectivity index (χ3n) is 4.35. The van der Waals surface area contributed by atoms with Gasteiger partial charge in [-0.05, 0) is 32.1 Å². The summed E-state index contributed by atoms with van der Waals surface area (Å²) in [6.07, 6.45) is 5.27. The summed E-state index contributed by atoms with van der Waals surface area (Å²) in [6.45, 7) is 0.482. The Morgan fingerprint density at radius 1 is 1.23 bits per heavy atom. The van der Waals surface area contributed by atoms with Crippen LogP contribution in [0.25, 0.3) is 0 Å². The lowest BCUT2D eigenvalue weighted by Crippen LogP contribution is -2.30. The number of aliphatic carboxylic acids is 1. The third kappa shape index (κ3) is 4.92. The van der Waals surface area contributed by atoms with E-state index in [4.69, 9.17) is 15.6 Å². The molecule has 2 aliphatic carbocycles. The number of carboxylic acids is 1. The summed E-state index contributed by atoms with van der Waals surface area (Å²) in [5.41, 5.74) is 5.40. The van der Waals surface area contributed by atoms with Gasteiger partial charge in [0.1, 0.15) is 12.1 Å². The quantitative estimate of drug-likeness (QED) is 0.488. The van der Waals surface area contributed by atoms with Gasteiger partial charge in [0.05, 0.1) is 0 Å². The molecule has 0 spiro atoms. The number of ether oxygens (including phenoxy) is 1. The van der Waals surface area contributed by atoms with E-state index >= 15 is 0 Å². The highest BCUT2D eigenvalue weighted by molar-refractivity contribution is 5.72. The fourth-order valence-electron chi connectivity index (χ4n) is 2.96. The van der Waals surface area contributed by atoms with Crippen molar-refractivity contribution >= 4 is 12.1 Å². The number of rotatable bonds is 7. The Hall–Kier alpha value is -1.74. The van der Waals surface area contributed by atoms with Crippen molar-refractivity contribution < 1.29 is 19.4 Å². The van der Waals surface area contributed by atoms with E-state index in [9.17, 15) is 9.59 Å². The van der Waals surface area contributed by atoms with Crippen LogP contribution in [0.1, 0.15) is 44.9 Å². The molecule has 1 amide bonds. The van der Waals surface area contributed by atoms with Gasteiger partial charge < -0.3 is 20.9 Å². The minimum atomic E-state index is -0.987. The van der Waals surface area contributed by atoms with E-state index < -0.39 is 12.0 Å². The Labute approximate surface area is 130 Å². The van der Waals surface area contributed by atoms with Gasteiger partial charge in [0.25, 0.3) is 0 Å². The topological polar surface area (TPSA) is 102 Å². The van der Waals surface area contributed by atoms with Gasteiger partial charge in [0.2, 0.25) is 0 Å². The minimum Gasteiger partial charge on any atom is -0.480 e. The number of nitrogens with two attached hydrogens (primary N) is 1. The standard InChI is InChI=1S/C16H24N2O4/c17-13(15(19)20)9-5-6-10-18-16(21)22-14-11-7-3-1-2-4-8-12(11)14/h11-14H,3-10,17H2,(H,18,21)(H,19,20). The molecule has 0 radical (unpaired) electrons. The lowest BCUT2D eigenvalue weighted by Gasteiger charge is -2.08. The molecule has 122 valence electrons. The summed E-state index contributed by atoms with van der Waals surface area (Å²) >= 11 is 0. The maximum atomic E-state index is 11.7. The zero-order valence-electron chi connectivity index (χ0n) is 12.7. The van der Waals surface area contributed by atoms with E-state index in [0.29, 0.717) is 37.6 Å². The van der Waals surface area contributed by atoms with Gasteiger partial charge in [-0.2, -0.15) is 0 Å². The number of unbranched alkanes of at least 4 members (excludes halogenated alkanes) is 1. The number of carboxylic acid groups (broad SMARTS) is 1. The number of alkyl carbamates (subject to hydrolysis) is 1. The lowest BCUT2D eigenvalue weighted by atomic mass is 10.1. The van der Waals surface area contributed by atoms with Crippen LogP contribution in [-0.4, -0.2) is 35.9 Å². The van der Waals surface area contributed by atoms with Crippen molar-refractivity contribution in [3.8, 4) is 11.8 Å². The first-order chi connectivity index (χ1) is 10.6. The van der Waals surface area contributed by atoms with Crippen LogP contribution >= 0.6 is 0 Å². The molecule has 6 heteroatoms. The van der Waals surface area contributed by atoms with E-state index in [0.717, 1.165) is 25.7 Å². The largest absolute Gasteiger partial charge is 0.480 e. The van der Waals surface area contributed by atoms with Crippen LogP contribution in [0.15, 0.2) is 0 Å². The van der Waals surface area contributed by atoms with Gasteiger partial charge >= 0.3 is 12.1 Å². The summed E-state index contributed by atoms with van der Waals surface area (Å²) in [7, 11) is 0. The molecule has 0 heterocycles. The van der Waals surface area contributed by atoms with E-state index in [-0.39, 0.29) is 12.2 Å². The van der Waals surface area contributed by atoms with Crippen LogP contribution in [-0.2, 0) is 9.53 Å². The number of hydrogen-bond acceptors (Lipinski definition) is 4. The second-order valence-electron chi connectivity index (χ2n) is 6.00. The minimum absolute atomic E-state index is 0.0436. The molecule has 0 aromatic carbocycles. The molecule has 1 saturated carbocycles. The number of amides is 1. The Kier molecular flexibility index (Phi) is 6.08. The van der Waals surface area contributed by atoms with Crippen molar-refractivity contribution in [2.45, 2.75) is 57.1 Å². The van der Waals surface area contributed by atoms with Crippen LogP contribution in [0.2, 0.25) is 0 Å². The second-order valence-corrected chi connectivity index (χ2v) is 6.00. The van der Waals surface area contributed by atoms with E-state index in [2.05, 4.69) is 17.2 Å². The monoisotopic (exact) mass is 308 g/mol. The smallest absolute Gasteiger partial charge is 0.407 e. The van der Waals surface area contributed by atoms with Crippen molar-refractivity contribution in [1.82, 2.24) is 5.32 Å². The molecule has 22 heavy (non-hydrogen) atoms. The molecule has 3 unspecified atom stereocenters. The highest BCUT2D eigenvalue weighted by atomic mass is 16.6. The fourth-order valence-corrected chi connectivity index (χ4v) is 2.96. The molecule has 1 fully saturated rings. The normalized spacial score (nSPS) is 27.2. The Morgan fingerprint density at radius 2 is 1.86 bits per heavy atom. The SMILES string of the molecule is NC(CCCCNC(=O)OC1C2CCC#CCCC21)C(=O)O. The number of nitrogens with one attached hydrogen (secondary N) is 1. The molecular formula is C16H24N2O4. The van der Waals surface area contributed by atoms with Crippen LogP contribution in [0.5, 0.6) is 0 Å². The van der Waals surface area contributed by atoms with Crippen molar-refractivity contribution in [3.63, 3.8) is 0 Å². The highest BCUT2D eigenvalue weighted by Crippen LogP contribution is 2.48. The Morgan fingerprint density at radius 3 is 2.45 bits per heavy atom. The number of hydrogen-bond donors (Lipinski definition) is 3. The molecule has 6 nitrogen and oxygen atoms in total. The van der Waals surface area contributed by atoms with E-state index in [1.807, 2.05) is 0 Å². The molecule has 2 rings (SSSR count). The van der Waals surface area contributed by atoms with Crippen LogP contribution < -0.4 is 11.1 Å². The van der Waals surface area contributed by atoms with Crippen molar-refractivity contribution in [3.05, 3.63) is 0 Å². The summed E-state index contributed by atoms with van der Waals surface area (Å²) < 4.78 is 5.46. The van der Waals surface area contributed by atoms with E-state index in [1.165, 1.54) is 0 Å². The first kappa shape index (κ1) is 16.6. The molecule has 3 atom stereocenters. The number of carbonyl (C=O) groups is 2. The second kappa shape index (κ2) is 8.04. The Bertz CT molecular complexity index is 451. The van der Waals surface area contributed by atoms with Gasteiger partial charge in [-0.3, -0.25) is 4.79 Å². The molecule has 0 aromatic rings. The predicted octanol–water partition coefficient (Wildman–Crippen LogP) is 1.49. The predicted molar refractivity (Wildman–Crippen MR) is 81.0 cm³/mol. The van der Waals surface area contributed by atoms with Gasteiger partial charge in [-0.25, -0.2) is 4.79 Å². The Balaban J connectivity index is 1.55. The summed E-state index contributed by atoms with van der Waals surface area (Å²) in [5, 5.41) is 11.4. The summed E-state index contributed by atoms with van der Waals surface area (Å²) in [4.78, 5) is 22.3. The maximum Gasteiger partial charge on any atom is 0.407 e. The average molecular weight is 308 g/mol. The molecule has 0 aliphatic heterocycles. The molecule has 0 bridgehead atoms. The van der Waals surface area contributed by atoms with Gasteiger partial charge in [-0.1, -0.05) is 0 Å². The van der Waals surface area contributed by atoms with Crippen molar-refractivity contribution in [2.75, 3.05) is 6.54 Å². The number of carbonyl (C=O) groups excluding carboxylic acids is 1. The van der Waals surface area contributed by atoms with Crippen LogP contribution in [0.4, 0.5) is 4.79 Å². The van der Waals surface area contributed by atoms with Crippen molar-refractivity contribution in [1.29, 1.82) is 0 Å². The zero-order chi connectivity index (χ0) is 15.9. The molecule has 4 N–H and O–H groups in total. The van der Waals surface area contributed by atoms with Crippen molar-refractivity contribution in [2.24, 2.45) is 17.6 Å². The van der Waals surface area contributed by atoms with Crippen LogP contribution in [0, 0.1) is 23.7 Å². The zero-order valence-corrected chi connectivity index (χ0v) is 12.7. The number of fused-ring (bicyclic) bond motifs is 1. The molecule has 0 aromatic heterocycles. The van der Waals surface area contributed by atoms with Gasteiger partial charge in [0.15, 0.2) is 0 Å². The molecule has 0 saturated heterocycles. The molecule has 2 aliphatic rings. The van der Waals surface area contributed by atoms with Gasteiger partial charge in [0, 0.05) is 31.2 Å². The van der Waals surface area contributed by atoms with Gasteiger partial charge in [-0.15, -0.1) is 11.8 Å². The van der Waals surface area contributed by atoms with Crippen LogP contribution in [0.3, 0.4) is 0 Å². The lowest BCUT2D eigenvalue weighted by molar-refractivity contribution is -0.138. The summed E-state index contributed by atoms with van der Waals surface area (Å²) in [6, 6.07) is -0.823.